The molecule has 162 valence electrons. The molecule has 0 atom stereocenters. The van der Waals surface area contributed by atoms with Crippen LogP contribution < -0.4 is 10.6 Å². The highest BCUT2D eigenvalue weighted by Crippen LogP contribution is 2.26. The Balaban J connectivity index is 1.26. The Morgan fingerprint density at radius 2 is 1.69 bits per heavy atom. The molecule has 2 aromatic carbocycles. The highest BCUT2D eigenvalue weighted by Gasteiger charge is 2.16. The van der Waals surface area contributed by atoms with Gasteiger partial charge in [-0.25, -0.2) is 0 Å². The summed E-state index contributed by atoms with van der Waals surface area (Å²) in [5.74, 6) is -0.514. The van der Waals surface area contributed by atoms with Gasteiger partial charge in [0.05, 0.1) is 0 Å². The summed E-state index contributed by atoms with van der Waals surface area (Å²) < 4.78 is 0. The Hall–Kier alpha value is -3.21. The second-order valence-corrected chi connectivity index (χ2v) is 9.11. The topological polar surface area (TPSA) is 110 Å². The normalized spacial score (nSPS) is 10.7. The summed E-state index contributed by atoms with van der Waals surface area (Å²) in [6.45, 7) is 0.423. The van der Waals surface area contributed by atoms with Gasteiger partial charge in [0.25, 0.3) is 5.91 Å². The quantitative estimate of drug-likeness (QED) is 0.387. The van der Waals surface area contributed by atoms with Crippen LogP contribution in [0.1, 0.15) is 26.8 Å². The summed E-state index contributed by atoms with van der Waals surface area (Å²) in [5, 5.41) is 24.2. The van der Waals surface area contributed by atoms with Crippen LogP contribution in [0.15, 0.2) is 54.6 Å². The van der Waals surface area contributed by atoms with E-state index in [0.29, 0.717) is 33.1 Å². The van der Waals surface area contributed by atoms with E-state index in [4.69, 9.17) is 11.6 Å². The minimum absolute atomic E-state index is 0.108. The molecule has 0 aliphatic carbocycles. The molecule has 32 heavy (non-hydrogen) atoms. The lowest BCUT2D eigenvalue weighted by Crippen LogP contribution is -2.22. The van der Waals surface area contributed by atoms with Gasteiger partial charge in [-0.05, 0) is 17.7 Å². The predicted octanol–water partition coefficient (Wildman–Crippen LogP) is 4.21. The number of nitrogens with one attached hydrogen (secondary N) is 2. The van der Waals surface area contributed by atoms with Gasteiger partial charge in [0.1, 0.15) is 10.0 Å². The first kappa shape index (κ1) is 22.0. The molecule has 0 spiro atoms. The fraction of sp³-hybridized carbons (Fsp3) is 0.143. The summed E-state index contributed by atoms with van der Waals surface area (Å²) in [7, 11) is 0. The zero-order valence-electron chi connectivity index (χ0n) is 16.6. The maximum Gasteiger partial charge on any atom is 0.288 e. The molecule has 8 nitrogen and oxygen atoms in total. The van der Waals surface area contributed by atoms with Crippen LogP contribution in [0, 0.1) is 0 Å². The maximum atomic E-state index is 12.4. The minimum Gasteiger partial charge on any atom is -0.352 e. The number of nitrogens with zero attached hydrogens (tertiary/aromatic N) is 4. The second kappa shape index (κ2) is 10.4. The Labute approximate surface area is 196 Å². The van der Waals surface area contributed by atoms with Gasteiger partial charge in [-0.15, -0.1) is 20.4 Å². The van der Waals surface area contributed by atoms with E-state index in [0.717, 1.165) is 22.5 Å². The average molecular weight is 485 g/mol. The molecule has 0 saturated heterocycles. The van der Waals surface area contributed by atoms with Crippen molar-refractivity contribution in [2.45, 2.75) is 19.4 Å². The van der Waals surface area contributed by atoms with Crippen molar-refractivity contribution < 1.29 is 9.59 Å². The van der Waals surface area contributed by atoms with E-state index in [1.807, 2.05) is 42.5 Å². The van der Waals surface area contributed by atoms with E-state index in [9.17, 15) is 9.59 Å². The largest absolute Gasteiger partial charge is 0.352 e. The zero-order valence-corrected chi connectivity index (χ0v) is 19.0. The molecule has 4 aromatic rings. The molecule has 4 rings (SSSR count). The third-order valence-corrected chi connectivity index (χ3v) is 6.42. The molecule has 0 bridgehead atoms. The van der Waals surface area contributed by atoms with Crippen molar-refractivity contribution in [2.24, 2.45) is 0 Å². The van der Waals surface area contributed by atoms with Crippen LogP contribution in [0.3, 0.4) is 0 Å². The number of carbonyl (C=O) groups excluding carboxylic acids is 2. The number of amides is 2. The van der Waals surface area contributed by atoms with Gasteiger partial charge in [0.2, 0.25) is 16.0 Å². The molecule has 2 heterocycles. The Morgan fingerprint density at radius 3 is 2.47 bits per heavy atom. The van der Waals surface area contributed by atoms with Gasteiger partial charge < -0.3 is 5.32 Å². The fourth-order valence-corrected chi connectivity index (χ4v) is 4.28. The summed E-state index contributed by atoms with van der Waals surface area (Å²) >= 11 is 8.28. The van der Waals surface area contributed by atoms with Crippen molar-refractivity contribution in [1.29, 1.82) is 0 Å². The Kier molecular flexibility index (Phi) is 7.15. The number of rotatable bonds is 8. The van der Waals surface area contributed by atoms with Gasteiger partial charge in [0.15, 0.2) is 0 Å². The second-order valence-electron chi connectivity index (χ2n) is 6.64. The molecule has 2 amide bonds. The molecule has 11 heteroatoms. The van der Waals surface area contributed by atoms with Crippen LogP contribution in [0.2, 0.25) is 5.02 Å². The van der Waals surface area contributed by atoms with Crippen LogP contribution in [-0.4, -0.2) is 32.2 Å². The smallest absolute Gasteiger partial charge is 0.288 e. The van der Waals surface area contributed by atoms with Crippen molar-refractivity contribution in [2.75, 3.05) is 5.32 Å². The number of carbonyl (C=O) groups is 2. The molecule has 2 aromatic heterocycles. The molecule has 0 radical (unpaired) electrons. The lowest BCUT2D eigenvalue weighted by molar-refractivity contribution is -0.121. The SMILES string of the molecule is O=C(CCc1nnc(C(=O)Nc2nnc(-c3ccccc3)s2)s1)NCc1ccc(Cl)cc1. The molecule has 0 fully saturated rings. The summed E-state index contributed by atoms with van der Waals surface area (Å²) in [6, 6.07) is 16.9. The number of benzene rings is 2. The van der Waals surface area contributed by atoms with Gasteiger partial charge in [-0.2, -0.15) is 0 Å². The van der Waals surface area contributed by atoms with E-state index < -0.39 is 5.91 Å². The number of hydrogen-bond donors (Lipinski definition) is 2. The molecule has 0 aliphatic heterocycles. The average Bonchev–Trinajstić information content (AvgIpc) is 3.48. The molecule has 0 unspecified atom stereocenters. The van der Waals surface area contributed by atoms with Gasteiger partial charge in [0, 0.05) is 30.0 Å². The fourth-order valence-electron chi connectivity index (χ4n) is 2.68. The van der Waals surface area contributed by atoms with Crippen molar-refractivity contribution >= 4 is 51.2 Å². The molecular formula is C21H17ClN6O2S2. The van der Waals surface area contributed by atoms with E-state index in [1.54, 1.807) is 12.1 Å². The van der Waals surface area contributed by atoms with Crippen LogP contribution >= 0.6 is 34.3 Å². The van der Waals surface area contributed by atoms with Crippen LogP contribution in [0.5, 0.6) is 0 Å². The highest BCUT2D eigenvalue weighted by molar-refractivity contribution is 7.18. The number of hydrogen-bond acceptors (Lipinski definition) is 8. The third kappa shape index (κ3) is 5.94. The van der Waals surface area contributed by atoms with Gasteiger partial charge in [-0.3, -0.25) is 14.9 Å². The van der Waals surface area contributed by atoms with Crippen LogP contribution in [0.25, 0.3) is 10.6 Å². The van der Waals surface area contributed by atoms with E-state index in [-0.39, 0.29) is 17.3 Å². The first-order valence-corrected chi connectivity index (χ1v) is 11.6. The number of halogens is 1. The molecule has 0 saturated carbocycles. The monoisotopic (exact) mass is 484 g/mol. The van der Waals surface area contributed by atoms with E-state index in [2.05, 4.69) is 31.0 Å². The minimum atomic E-state index is -0.406. The van der Waals surface area contributed by atoms with Crippen molar-refractivity contribution in [3.05, 3.63) is 75.2 Å². The lowest BCUT2D eigenvalue weighted by Gasteiger charge is -2.04. The van der Waals surface area contributed by atoms with Crippen molar-refractivity contribution in [1.82, 2.24) is 25.7 Å². The van der Waals surface area contributed by atoms with Crippen molar-refractivity contribution in [3.63, 3.8) is 0 Å². The van der Waals surface area contributed by atoms with Gasteiger partial charge in [-0.1, -0.05) is 76.7 Å². The third-order valence-electron chi connectivity index (χ3n) is 4.30. The molecule has 0 aliphatic rings. The number of anilines is 1. The lowest BCUT2D eigenvalue weighted by atomic mass is 10.2. The predicted molar refractivity (Wildman–Crippen MR) is 125 cm³/mol. The van der Waals surface area contributed by atoms with Crippen molar-refractivity contribution in [3.8, 4) is 10.6 Å². The summed E-state index contributed by atoms with van der Waals surface area (Å²) in [5.41, 5.74) is 1.89. The van der Waals surface area contributed by atoms with Crippen LogP contribution in [-0.2, 0) is 17.8 Å². The highest BCUT2D eigenvalue weighted by atomic mass is 35.5. The van der Waals surface area contributed by atoms with Gasteiger partial charge >= 0.3 is 0 Å². The Bertz CT molecular complexity index is 1210. The molecular weight excluding hydrogens is 468 g/mol. The maximum absolute atomic E-state index is 12.4. The molecule has 2 N–H and O–H groups in total. The Morgan fingerprint density at radius 1 is 0.906 bits per heavy atom. The number of aryl methyl sites for hydroxylation is 1. The summed E-state index contributed by atoms with van der Waals surface area (Å²) in [6.07, 6.45) is 0.648. The van der Waals surface area contributed by atoms with Crippen LogP contribution in [0.4, 0.5) is 5.13 Å². The number of aromatic nitrogens is 4. The standard InChI is InChI=1S/C21H17ClN6O2S2/c22-15-8-6-13(7-9-15)12-23-16(29)10-11-17-25-27-20(31-17)18(30)24-21-28-26-19(32-21)14-4-2-1-3-5-14/h1-9H,10-12H2,(H,23,29)(H,24,28,30). The van der Waals surface area contributed by atoms with E-state index in [1.165, 1.54) is 11.3 Å². The first-order chi connectivity index (χ1) is 15.6. The zero-order chi connectivity index (χ0) is 22.3. The van der Waals surface area contributed by atoms with E-state index >= 15 is 0 Å². The summed E-state index contributed by atoms with van der Waals surface area (Å²) in [4.78, 5) is 24.5. The first-order valence-electron chi connectivity index (χ1n) is 9.60.